The quantitative estimate of drug-likeness (QED) is 0.516. The fourth-order valence-corrected chi connectivity index (χ4v) is 2.24. The summed E-state index contributed by atoms with van der Waals surface area (Å²) in [5.74, 6) is 0.0453. The normalized spacial score (nSPS) is 19.4. The number of piperidine rings is 1. The van der Waals surface area contributed by atoms with Gasteiger partial charge in [0.1, 0.15) is 6.29 Å². The van der Waals surface area contributed by atoms with Crippen LogP contribution in [0.1, 0.15) is 46.0 Å². The number of ether oxygens (including phenoxy) is 1. The van der Waals surface area contributed by atoms with Gasteiger partial charge in [-0.05, 0) is 39.3 Å². The number of carbonyl (C=O) groups excluding carboxylic acids is 2. The minimum atomic E-state index is -0.136. The van der Waals surface area contributed by atoms with Gasteiger partial charge in [-0.25, -0.2) is 0 Å². The van der Waals surface area contributed by atoms with E-state index < -0.39 is 0 Å². The maximum absolute atomic E-state index is 11.7. The van der Waals surface area contributed by atoms with Gasteiger partial charge in [-0.2, -0.15) is 0 Å². The SMILES string of the molecule is CCCCC(C)OC(=O)CN1CCC(C=O)CC1. The van der Waals surface area contributed by atoms with Gasteiger partial charge in [-0.15, -0.1) is 0 Å². The van der Waals surface area contributed by atoms with E-state index in [1.165, 1.54) is 0 Å². The number of likely N-dealkylation sites (tertiary alicyclic amines) is 1. The molecule has 1 unspecified atom stereocenters. The summed E-state index contributed by atoms with van der Waals surface area (Å²) in [4.78, 5) is 24.4. The van der Waals surface area contributed by atoms with Crippen molar-refractivity contribution in [1.82, 2.24) is 4.90 Å². The van der Waals surface area contributed by atoms with Crippen LogP contribution in [0.5, 0.6) is 0 Å². The average molecular weight is 255 g/mol. The zero-order valence-electron chi connectivity index (χ0n) is 11.6. The van der Waals surface area contributed by atoms with Crippen molar-refractivity contribution in [3.63, 3.8) is 0 Å². The van der Waals surface area contributed by atoms with Crippen LogP contribution in [0.2, 0.25) is 0 Å². The van der Waals surface area contributed by atoms with Crippen molar-refractivity contribution in [2.24, 2.45) is 5.92 Å². The molecule has 0 aromatic rings. The number of aldehydes is 1. The summed E-state index contributed by atoms with van der Waals surface area (Å²) in [6, 6.07) is 0. The summed E-state index contributed by atoms with van der Waals surface area (Å²) >= 11 is 0. The van der Waals surface area contributed by atoms with E-state index in [9.17, 15) is 9.59 Å². The Morgan fingerprint density at radius 2 is 2.11 bits per heavy atom. The second-order valence-corrected chi connectivity index (χ2v) is 5.19. The van der Waals surface area contributed by atoms with Crippen LogP contribution in [-0.2, 0) is 14.3 Å². The summed E-state index contributed by atoms with van der Waals surface area (Å²) in [5, 5.41) is 0. The number of nitrogens with zero attached hydrogens (tertiary/aromatic N) is 1. The average Bonchev–Trinajstić information content (AvgIpc) is 2.37. The Balaban J connectivity index is 2.18. The lowest BCUT2D eigenvalue weighted by Gasteiger charge is -2.28. The Hall–Kier alpha value is -0.900. The number of carbonyl (C=O) groups is 2. The molecular weight excluding hydrogens is 230 g/mol. The van der Waals surface area contributed by atoms with Crippen LogP contribution < -0.4 is 0 Å². The van der Waals surface area contributed by atoms with Crippen molar-refractivity contribution in [2.45, 2.75) is 52.1 Å². The number of hydrogen-bond acceptors (Lipinski definition) is 4. The van der Waals surface area contributed by atoms with Crippen LogP contribution in [0.25, 0.3) is 0 Å². The molecule has 0 aromatic carbocycles. The third-order valence-electron chi connectivity index (χ3n) is 3.47. The van der Waals surface area contributed by atoms with Crippen molar-refractivity contribution < 1.29 is 14.3 Å². The number of hydrogen-bond donors (Lipinski definition) is 0. The first-order valence-corrected chi connectivity index (χ1v) is 7.02. The Morgan fingerprint density at radius 1 is 1.44 bits per heavy atom. The molecule has 0 radical (unpaired) electrons. The summed E-state index contributed by atoms with van der Waals surface area (Å²) in [5.41, 5.74) is 0. The van der Waals surface area contributed by atoms with Gasteiger partial charge in [-0.3, -0.25) is 9.69 Å². The molecular formula is C14H25NO3. The molecule has 0 saturated carbocycles. The van der Waals surface area contributed by atoms with Gasteiger partial charge in [0.15, 0.2) is 0 Å². The van der Waals surface area contributed by atoms with Crippen LogP contribution in [0, 0.1) is 5.92 Å². The molecule has 1 aliphatic rings. The van der Waals surface area contributed by atoms with Gasteiger partial charge >= 0.3 is 5.97 Å². The fourth-order valence-electron chi connectivity index (χ4n) is 2.24. The maximum Gasteiger partial charge on any atom is 0.320 e. The summed E-state index contributed by atoms with van der Waals surface area (Å²) in [6.07, 6.45) is 5.94. The molecule has 1 aliphatic heterocycles. The Bertz CT molecular complexity index is 260. The minimum Gasteiger partial charge on any atom is -0.462 e. The molecule has 1 atom stereocenters. The molecule has 104 valence electrons. The molecule has 0 aromatic heterocycles. The van der Waals surface area contributed by atoms with Crippen LogP contribution in [0.4, 0.5) is 0 Å². The molecule has 0 N–H and O–H groups in total. The van der Waals surface area contributed by atoms with Gasteiger partial charge in [0.2, 0.25) is 0 Å². The van der Waals surface area contributed by atoms with Gasteiger partial charge < -0.3 is 9.53 Å². The molecule has 1 rings (SSSR count). The monoisotopic (exact) mass is 255 g/mol. The van der Waals surface area contributed by atoms with Crippen molar-refractivity contribution in [2.75, 3.05) is 19.6 Å². The minimum absolute atomic E-state index is 0.0185. The van der Waals surface area contributed by atoms with E-state index in [0.717, 1.165) is 51.5 Å². The first-order chi connectivity index (χ1) is 8.65. The third kappa shape index (κ3) is 5.63. The van der Waals surface area contributed by atoms with E-state index in [4.69, 9.17) is 4.74 Å². The van der Waals surface area contributed by atoms with Crippen molar-refractivity contribution in [3.8, 4) is 0 Å². The number of rotatable bonds is 7. The highest BCUT2D eigenvalue weighted by molar-refractivity contribution is 5.71. The highest BCUT2D eigenvalue weighted by atomic mass is 16.5. The molecule has 4 nitrogen and oxygen atoms in total. The first kappa shape index (κ1) is 15.2. The second-order valence-electron chi connectivity index (χ2n) is 5.19. The third-order valence-corrected chi connectivity index (χ3v) is 3.47. The molecule has 1 heterocycles. The first-order valence-electron chi connectivity index (χ1n) is 7.02. The predicted octanol–water partition coefficient (Wildman–Crippen LogP) is 2.02. The second kappa shape index (κ2) is 8.25. The van der Waals surface area contributed by atoms with E-state index >= 15 is 0 Å². The van der Waals surface area contributed by atoms with Crippen molar-refractivity contribution in [3.05, 3.63) is 0 Å². The lowest BCUT2D eigenvalue weighted by molar-refractivity contribution is -0.150. The maximum atomic E-state index is 11.7. The van der Waals surface area contributed by atoms with Crippen LogP contribution in [-0.4, -0.2) is 42.9 Å². The Labute approximate surface area is 110 Å². The van der Waals surface area contributed by atoms with Crippen LogP contribution >= 0.6 is 0 Å². The number of esters is 1. The standard InChI is InChI=1S/C14H25NO3/c1-3-4-5-12(2)18-14(17)10-15-8-6-13(11-16)7-9-15/h11-13H,3-10H2,1-2H3. The molecule has 0 amide bonds. The van der Waals surface area contributed by atoms with E-state index in [-0.39, 0.29) is 18.0 Å². The van der Waals surface area contributed by atoms with Crippen LogP contribution in [0.3, 0.4) is 0 Å². The summed E-state index contributed by atoms with van der Waals surface area (Å²) in [7, 11) is 0. The van der Waals surface area contributed by atoms with E-state index in [0.29, 0.717) is 6.54 Å². The van der Waals surface area contributed by atoms with E-state index in [2.05, 4.69) is 11.8 Å². The molecule has 0 spiro atoms. The lowest BCUT2D eigenvalue weighted by atomic mass is 9.99. The topological polar surface area (TPSA) is 46.6 Å². The highest BCUT2D eigenvalue weighted by Crippen LogP contribution is 2.14. The van der Waals surface area contributed by atoms with Crippen LogP contribution in [0.15, 0.2) is 0 Å². The smallest absolute Gasteiger partial charge is 0.320 e. The molecule has 1 saturated heterocycles. The molecule has 1 fully saturated rings. The zero-order valence-corrected chi connectivity index (χ0v) is 11.6. The van der Waals surface area contributed by atoms with Gasteiger partial charge in [0.25, 0.3) is 0 Å². The Morgan fingerprint density at radius 3 is 2.67 bits per heavy atom. The molecule has 18 heavy (non-hydrogen) atoms. The largest absolute Gasteiger partial charge is 0.462 e. The van der Waals surface area contributed by atoms with Gasteiger partial charge in [0.05, 0.1) is 12.6 Å². The molecule has 0 aliphatic carbocycles. The van der Waals surface area contributed by atoms with Crippen molar-refractivity contribution >= 4 is 12.3 Å². The summed E-state index contributed by atoms with van der Waals surface area (Å²) < 4.78 is 5.36. The van der Waals surface area contributed by atoms with E-state index in [1.54, 1.807) is 0 Å². The van der Waals surface area contributed by atoms with E-state index in [1.807, 2.05) is 6.92 Å². The van der Waals surface area contributed by atoms with Crippen molar-refractivity contribution in [1.29, 1.82) is 0 Å². The molecule has 0 bridgehead atoms. The van der Waals surface area contributed by atoms with Gasteiger partial charge in [0, 0.05) is 5.92 Å². The number of unbranched alkanes of at least 4 members (excludes halogenated alkanes) is 1. The Kier molecular flexibility index (Phi) is 6.94. The lowest BCUT2D eigenvalue weighted by Crippen LogP contribution is -2.38. The summed E-state index contributed by atoms with van der Waals surface area (Å²) in [6.45, 7) is 6.09. The molecule has 4 heteroatoms. The predicted molar refractivity (Wildman–Crippen MR) is 70.3 cm³/mol. The fraction of sp³-hybridized carbons (Fsp3) is 0.857. The highest BCUT2D eigenvalue weighted by Gasteiger charge is 2.21. The van der Waals surface area contributed by atoms with Gasteiger partial charge in [-0.1, -0.05) is 19.8 Å². The zero-order chi connectivity index (χ0) is 13.4.